The number of hydrogen-bond donors (Lipinski definition) is 1. The molecule has 1 atom stereocenters. The molecule has 0 aliphatic carbocycles. The Kier molecular flexibility index (Phi) is 5.22. The van der Waals surface area contributed by atoms with Crippen LogP contribution in [0.2, 0.25) is 0 Å². The topological polar surface area (TPSA) is 21.3 Å². The minimum Gasteiger partial charge on any atom is -0.383 e. The standard InChI is InChI=1S/C11H15BrFNO/c1-14-11(7-15-2)5-8-3-9(12)6-10(13)4-8/h3-4,6,11,14H,5,7H2,1-2H3. The number of benzene rings is 1. The molecule has 0 aliphatic heterocycles. The lowest BCUT2D eigenvalue weighted by Gasteiger charge is -2.15. The summed E-state index contributed by atoms with van der Waals surface area (Å²) in [6.07, 6.45) is 0.751. The fourth-order valence-electron chi connectivity index (χ4n) is 1.46. The van der Waals surface area contributed by atoms with Crippen LogP contribution in [0.5, 0.6) is 0 Å². The second-order valence-electron chi connectivity index (χ2n) is 3.42. The Morgan fingerprint density at radius 2 is 2.20 bits per heavy atom. The van der Waals surface area contributed by atoms with Crippen LogP contribution < -0.4 is 5.32 Å². The first kappa shape index (κ1) is 12.6. The van der Waals surface area contributed by atoms with Crippen LogP contribution in [0.4, 0.5) is 4.39 Å². The Hall–Kier alpha value is -0.450. The second kappa shape index (κ2) is 6.20. The highest BCUT2D eigenvalue weighted by Crippen LogP contribution is 2.16. The molecule has 1 aromatic carbocycles. The van der Waals surface area contributed by atoms with Crippen LogP contribution in [0.15, 0.2) is 22.7 Å². The van der Waals surface area contributed by atoms with E-state index in [2.05, 4.69) is 21.2 Å². The molecule has 0 heterocycles. The van der Waals surface area contributed by atoms with Crippen LogP contribution in [0.25, 0.3) is 0 Å². The SMILES string of the molecule is CNC(COC)Cc1cc(F)cc(Br)c1. The first-order chi connectivity index (χ1) is 7.15. The largest absolute Gasteiger partial charge is 0.383 e. The normalized spacial score (nSPS) is 12.8. The van der Waals surface area contributed by atoms with Gasteiger partial charge >= 0.3 is 0 Å². The maximum atomic E-state index is 13.1. The Morgan fingerprint density at radius 3 is 2.73 bits per heavy atom. The average molecular weight is 276 g/mol. The molecule has 0 fully saturated rings. The van der Waals surface area contributed by atoms with Crippen molar-refractivity contribution in [1.29, 1.82) is 0 Å². The Balaban J connectivity index is 2.69. The maximum Gasteiger partial charge on any atom is 0.124 e. The van der Waals surface area contributed by atoms with Crippen molar-refractivity contribution in [3.05, 3.63) is 34.1 Å². The van der Waals surface area contributed by atoms with Crippen molar-refractivity contribution in [3.63, 3.8) is 0 Å². The van der Waals surface area contributed by atoms with Crippen LogP contribution in [0, 0.1) is 5.82 Å². The minimum absolute atomic E-state index is 0.212. The minimum atomic E-state index is -0.216. The van der Waals surface area contributed by atoms with E-state index >= 15 is 0 Å². The molecular formula is C11H15BrFNO. The summed E-state index contributed by atoms with van der Waals surface area (Å²) in [5, 5.41) is 3.13. The lowest BCUT2D eigenvalue weighted by atomic mass is 10.1. The monoisotopic (exact) mass is 275 g/mol. The lowest BCUT2D eigenvalue weighted by molar-refractivity contribution is 0.169. The van der Waals surface area contributed by atoms with Gasteiger partial charge in [-0.25, -0.2) is 4.39 Å². The molecule has 0 spiro atoms. The Bertz CT molecular complexity index is 299. The van der Waals surface area contributed by atoms with E-state index in [4.69, 9.17) is 4.74 Å². The van der Waals surface area contributed by atoms with E-state index in [1.807, 2.05) is 13.1 Å². The summed E-state index contributed by atoms with van der Waals surface area (Å²) in [5.41, 5.74) is 0.957. The molecule has 1 unspecified atom stereocenters. The van der Waals surface area contributed by atoms with Gasteiger partial charge in [-0.1, -0.05) is 15.9 Å². The zero-order chi connectivity index (χ0) is 11.3. The van der Waals surface area contributed by atoms with Crippen molar-refractivity contribution in [2.24, 2.45) is 0 Å². The zero-order valence-electron chi connectivity index (χ0n) is 8.89. The summed E-state index contributed by atoms with van der Waals surface area (Å²) < 4.78 is 18.9. The molecule has 4 heteroatoms. The summed E-state index contributed by atoms with van der Waals surface area (Å²) in [4.78, 5) is 0. The molecule has 84 valence electrons. The first-order valence-electron chi connectivity index (χ1n) is 4.77. The molecule has 1 rings (SSSR count). The van der Waals surface area contributed by atoms with E-state index in [-0.39, 0.29) is 11.9 Å². The van der Waals surface area contributed by atoms with E-state index in [1.54, 1.807) is 13.2 Å². The van der Waals surface area contributed by atoms with Crippen molar-refractivity contribution in [3.8, 4) is 0 Å². The van der Waals surface area contributed by atoms with Crippen LogP contribution >= 0.6 is 15.9 Å². The highest BCUT2D eigenvalue weighted by atomic mass is 79.9. The molecule has 1 aromatic rings. The fourth-order valence-corrected chi connectivity index (χ4v) is 1.97. The smallest absolute Gasteiger partial charge is 0.124 e. The summed E-state index contributed by atoms with van der Waals surface area (Å²) in [6, 6.07) is 5.13. The Labute approximate surface area is 98.0 Å². The van der Waals surface area contributed by atoms with Gasteiger partial charge < -0.3 is 10.1 Å². The maximum absolute atomic E-state index is 13.1. The van der Waals surface area contributed by atoms with Gasteiger partial charge in [0.15, 0.2) is 0 Å². The Morgan fingerprint density at radius 1 is 1.47 bits per heavy atom. The molecule has 0 bridgehead atoms. The quantitative estimate of drug-likeness (QED) is 0.891. The molecule has 0 aliphatic rings. The van der Waals surface area contributed by atoms with Crippen molar-refractivity contribution >= 4 is 15.9 Å². The summed E-state index contributed by atoms with van der Waals surface area (Å²) >= 11 is 3.27. The van der Waals surface area contributed by atoms with Gasteiger partial charge in [-0.2, -0.15) is 0 Å². The number of halogens is 2. The predicted molar refractivity (Wildman–Crippen MR) is 62.5 cm³/mol. The van der Waals surface area contributed by atoms with E-state index in [0.29, 0.717) is 6.61 Å². The van der Waals surface area contributed by atoms with Crippen LogP contribution in [-0.4, -0.2) is 26.8 Å². The van der Waals surface area contributed by atoms with Gasteiger partial charge in [0.2, 0.25) is 0 Å². The zero-order valence-corrected chi connectivity index (χ0v) is 10.5. The molecule has 0 radical (unpaired) electrons. The molecular weight excluding hydrogens is 261 g/mol. The number of nitrogens with one attached hydrogen (secondary N) is 1. The van der Waals surface area contributed by atoms with Crippen LogP contribution in [-0.2, 0) is 11.2 Å². The van der Waals surface area contributed by atoms with E-state index in [1.165, 1.54) is 6.07 Å². The second-order valence-corrected chi connectivity index (χ2v) is 4.34. The number of hydrogen-bond acceptors (Lipinski definition) is 2. The third-order valence-corrected chi connectivity index (χ3v) is 2.64. The average Bonchev–Trinajstić information content (AvgIpc) is 2.15. The van der Waals surface area contributed by atoms with Gasteiger partial charge in [0.05, 0.1) is 6.61 Å². The van der Waals surface area contributed by atoms with Gasteiger partial charge in [-0.3, -0.25) is 0 Å². The number of methoxy groups -OCH3 is 1. The molecule has 0 saturated heterocycles. The number of rotatable bonds is 5. The highest BCUT2D eigenvalue weighted by Gasteiger charge is 2.08. The van der Waals surface area contributed by atoms with Crippen molar-refractivity contribution < 1.29 is 9.13 Å². The molecule has 0 saturated carbocycles. The van der Waals surface area contributed by atoms with E-state index < -0.39 is 0 Å². The van der Waals surface area contributed by atoms with E-state index in [9.17, 15) is 4.39 Å². The predicted octanol–water partition coefficient (Wildman–Crippen LogP) is 2.37. The molecule has 0 aromatic heterocycles. The third-order valence-electron chi connectivity index (χ3n) is 2.18. The van der Waals surface area contributed by atoms with Crippen molar-refractivity contribution in [1.82, 2.24) is 5.32 Å². The summed E-state index contributed by atoms with van der Waals surface area (Å²) in [5.74, 6) is -0.216. The third kappa shape index (κ3) is 4.28. The van der Waals surface area contributed by atoms with Gasteiger partial charge in [0, 0.05) is 17.6 Å². The summed E-state index contributed by atoms with van der Waals surface area (Å²) in [7, 11) is 3.53. The van der Waals surface area contributed by atoms with Crippen molar-refractivity contribution in [2.75, 3.05) is 20.8 Å². The van der Waals surface area contributed by atoms with E-state index in [0.717, 1.165) is 16.5 Å². The molecule has 1 N–H and O–H groups in total. The van der Waals surface area contributed by atoms with Gasteiger partial charge in [-0.15, -0.1) is 0 Å². The molecule has 15 heavy (non-hydrogen) atoms. The first-order valence-corrected chi connectivity index (χ1v) is 5.56. The van der Waals surface area contributed by atoms with Gasteiger partial charge in [-0.05, 0) is 37.2 Å². The van der Waals surface area contributed by atoms with Gasteiger partial charge in [0.1, 0.15) is 5.82 Å². The summed E-state index contributed by atoms with van der Waals surface area (Å²) in [6.45, 7) is 0.616. The number of likely N-dealkylation sites (N-methyl/N-ethyl adjacent to an activating group) is 1. The number of ether oxygens (including phenoxy) is 1. The highest BCUT2D eigenvalue weighted by molar-refractivity contribution is 9.10. The molecule has 2 nitrogen and oxygen atoms in total. The lowest BCUT2D eigenvalue weighted by Crippen LogP contribution is -2.32. The van der Waals surface area contributed by atoms with Crippen molar-refractivity contribution in [2.45, 2.75) is 12.5 Å². The fraction of sp³-hybridized carbons (Fsp3) is 0.455. The van der Waals surface area contributed by atoms with Gasteiger partial charge in [0.25, 0.3) is 0 Å². The van der Waals surface area contributed by atoms with Crippen LogP contribution in [0.3, 0.4) is 0 Å². The molecule has 0 amide bonds. The van der Waals surface area contributed by atoms with Crippen LogP contribution in [0.1, 0.15) is 5.56 Å².